The molecule has 0 aliphatic rings. The topological polar surface area (TPSA) is 68.3 Å². The minimum atomic E-state index is -0.488. The first-order valence-corrected chi connectivity index (χ1v) is 5.06. The zero-order valence-electron chi connectivity index (χ0n) is 8.70. The van der Waals surface area contributed by atoms with E-state index in [1.165, 1.54) is 12.3 Å². The number of carbonyl (C=O) groups excluding carboxylic acids is 2. The van der Waals surface area contributed by atoms with Gasteiger partial charge < -0.3 is 10.1 Å². The van der Waals surface area contributed by atoms with E-state index in [1.54, 1.807) is 13.0 Å². The lowest BCUT2D eigenvalue weighted by atomic mass is 10.3. The molecule has 0 radical (unpaired) electrons. The molecule has 0 aromatic carbocycles. The summed E-state index contributed by atoms with van der Waals surface area (Å²) in [5.41, 5.74) is 0.164. The standard InChI is InChI=1S/C10H11ClN2O3/c1-2-16-9(14)6-13-10(15)8-5-7(11)3-4-12-8/h3-5H,2,6H2,1H3,(H,13,15). The Morgan fingerprint density at radius 2 is 2.31 bits per heavy atom. The van der Waals surface area contributed by atoms with Crippen LogP contribution in [-0.2, 0) is 9.53 Å². The highest BCUT2D eigenvalue weighted by Crippen LogP contribution is 2.07. The lowest BCUT2D eigenvalue weighted by Gasteiger charge is -2.04. The highest BCUT2D eigenvalue weighted by Gasteiger charge is 2.09. The summed E-state index contributed by atoms with van der Waals surface area (Å²) in [7, 11) is 0. The van der Waals surface area contributed by atoms with Crippen molar-refractivity contribution in [3.63, 3.8) is 0 Å². The van der Waals surface area contributed by atoms with Crippen LogP contribution in [0.3, 0.4) is 0 Å². The van der Waals surface area contributed by atoms with E-state index >= 15 is 0 Å². The number of hydrogen-bond donors (Lipinski definition) is 1. The van der Waals surface area contributed by atoms with E-state index in [1.807, 2.05) is 0 Å². The Labute approximate surface area is 97.8 Å². The fraction of sp³-hybridized carbons (Fsp3) is 0.300. The summed E-state index contributed by atoms with van der Waals surface area (Å²) in [6, 6.07) is 2.98. The van der Waals surface area contributed by atoms with Crippen molar-refractivity contribution in [2.24, 2.45) is 0 Å². The maximum atomic E-state index is 11.5. The lowest BCUT2D eigenvalue weighted by molar-refractivity contribution is -0.141. The van der Waals surface area contributed by atoms with Crippen LogP contribution in [-0.4, -0.2) is 30.0 Å². The molecule has 0 fully saturated rings. The second kappa shape index (κ2) is 6.07. The van der Waals surface area contributed by atoms with E-state index < -0.39 is 11.9 Å². The third-order valence-electron chi connectivity index (χ3n) is 1.65. The van der Waals surface area contributed by atoms with Gasteiger partial charge in [0, 0.05) is 11.2 Å². The Kier molecular flexibility index (Phi) is 4.72. The van der Waals surface area contributed by atoms with Crippen LogP contribution in [0, 0.1) is 0 Å². The molecule has 0 saturated heterocycles. The SMILES string of the molecule is CCOC(=O)CNC(=O)c1cc(Cl)ccn1. The zero-order chi connectivity index (χ0) is 12.0. The van der Waals surface area contributed by atoms with Crippen LogP contribution in [0.5, 0.6) is 0 Å². The lowest BCUT2D eigenvalue weighted by Crippen LogP contribution is -2.31. The average molecular weight is 243 g/mol. The third kappa shape index (κ3) is 3.86. The molecule has 1 aromatic rings. The van der Waals surface area contributed by atoms with Gasteiger partial charge in [0.1, 0.15) is 12.2 Å². The molecule has 6 heteroatoms. The first-order valence-electron chi connectivity index (χ1n) is 4.69. The van der Waals surface area contributed by atoms with E-state index in [-0.39, 0.29) is 18.8 Å². The molecule has 86 valence electrons. The molecule has 1 aromatic heterocycles. The number of rotatable bonds is 4. The van der Waals surface area contributed by atoms with E-state index in [0.717, 1.165) is 0 Å². The molecule has 0 saturated carbocycles. The summed E-state index contributed by atoms with van der Waals surface area (Å²) >= 11 is 5.69. The molecule has 1 amide bonds. The first kappa shape index (κ1) is 12.4. The van der Waals surface area contributed by atoms with Gasteiger partial charge in [-0.15, -0.1) is 0 Å². The predicted octanol–water partition coefficient (Wildman–Crippen LogP) is 1.03. The average Bonchev–Trinajstić information content (AvgIpc) is 2.26. The minimum Gasteiger partial charge on any atom is -0.465 e. The van der Waals surface area contributed by atoms with Crippen molar-refractivity contribution in [3.05, 3.63) is 29.0 Å². The quantitative estimate of drug-likeness (QED) is 0.801. The largest absolute Gasteiger partial charge is 0.465 e. The highest BCUT2D eigenvalue weighted by atomic mass is 35.5. The third-order valence-corrected chi connectivity index (χ3v) is 1.89. The van der Waals surface area contributed by atoms with Crippen molar-refractivity contribution in [3.8, 4) is 0 Å². The summed E-state index contributed by atoms with van der Waals surface area (Å²) < 4.78 is 4.65. The normalized spacial score (nSPS) is 9.62. The van der Waals surface area contributed by atoms with Gasteiger partial charge >= 0.3 is 5.97 Å². The fourth-order valence-electron chi connectivity index (χ4n) is 0.984. The second-order valence-electron chi connectivity index (χ2n) is 2.85. The van der Waals surface area contributed by atoms with E-state index in [2.05, 4.69) is 15.0 Å². The van der Waals surface area contributed by atoms with Gasteiger partial charge in [-0.05, 0) is 19.1 Å². The maximum Gasteiger partial charge on any atom is 0.325 e. The number of aromatic nitrogens is 1. The number of hydrogen-bond acceptors (Lipinski definition) is 4. The molecule has 1 N–H and O–H groups in total. The van der Waals surface area contributed by atoms with Crippen molar-refractivity contribution in [1.82, 2.24) is 10.3 Å². The van der Waals surface area contributed by atoms with Crippen LogP contribution in [0.15, 0.2) is 18.3 Å². The van der Waals surface area contributed by atoms with Gasteiger partial charge in [0.2, 0.25) is 0 Å². The Morgan fingerprint density at radius 1 is 1.56 bits per heavy atom. The van der Waals surface area contributed by atoms with Crippen molar-refractivity contribution in [2.75, 3.05) is 13.2 Å². The summed E-state index contributed by atoms with van der Waals surface area (Å²) in [6.07, 6.45) is 1.42. The van der Waals surface area contributed by atoms with Gasteiger partial charge in [-0.25, -0.2) is 0 Å². The number of carbonyl (C=O) groups is 2. The summed E-state index contributed by atoms with van der Waals surface area (Å²) in [6.45, 7) is 1.79. The van der Waals surface area contributed by atoms with Gasteiger partial charge in [0.15, 0.2) is 0 Å². The number of nitrogens with one attached hydrogen (secondary N) is 1. The van der Waals surface area contributed by atoms with Crippen LogP contribution in [0.25, 0.3) is 0 Å². The second-order valence-corrected chi connectivity index (χ2v) is 3.28. The summed E-state index contributed by atoms with van der Waals surface area (Å²) in [5.74, 6) is -0.951. The Hall–Kier alpha value is -1.62. The van der Waals surface area contributed by atoms with Crippen LogP contribution < -0.4 is 5.32 Å². The zero-order valence-corrected chi connectivity index (χ0v) is 9.45. The van der Waals surface area contributed by atoms with Crippen LogP contribution in [0.4, 0.5) is 0 Å². The number of ether oxygens (including phenoxy) is 1. The van der Waals surface area contributed by atoms with Gasteiger partial charge in [-0.1, -0.05) is 11.6 Å². The Balaban J connectivity index is 2.50. The Morgan fingerprint density at radius 3 is 2.94 bits per heavy atom. The molecule has 0 bridgehead atoms. The van der Waals surface area contributed by atoms with Crippen molar-refractivity contribution in [1.29, 1.82) is 0 Å². The molecule has 16 heavy (non-hydrogen) atoms. The fourth-order valence-corrected chi connectivity index (χ4v) is 1.14. The molecular formula is C10H11ClN2O3. The maximum absolute atomic E-state index is 11.5. The van der Waals surface area contributed by atoms with Gasteiger partial charge in [-0.2, -0.15) is 0 Å². The molecule has 0 aliphatic carbocycles. The predicted molar refractivity (Wildman–Crippen MR) is 58.2 cm³/mol. The number of amides is 1. The Bertz CT molecular complexity index is 395. The van der Waals surface area contributed by atoms with Crippen LogP contribution in [0.1, 0.15) is 17.4 Å². The molecular weight excluding hydrogens is 232 g/mol. The monoisotopic (exact) mass is 242 g/mol. The molecule has 1 rings (SSSR count). The van der Waals surface area contributed by atoms with Crippen molar-refractivity contribution >= 4 is 23.5 Å². The molecule has 0 unspecified atom stereocenters. The van der Waals surface area contributed by atoms with Gasteiger partial charge in [0.05, 0.1) is 6.61 Å². The van der Waals surface area contributed by atoms with E-state index in [4.69, 9.17) is 11.6 Å². The molecule has 0 aliphatic heterocycles. The molecule has 1 heterocycles. The number of nitrogens with zero attached hydrogens (tertiary/aromatic N) is 1. The molecule has 0 spiro atoms. The summed E-state index contributed by atoms with van der Waals surface area (Å²) in [5, 5.41) is 2.79. The number of esters is 1. The summed E-state index contributed by atoms with van der Waals surface area (Å²) in [4.78, 5) is 26.2. The number of halogens is 1. The smallest absolute Gasteiger partial charge is 0.325 e. The highest BCUT2D eigenvalue weighted by molar-refractivity contribution is 6.30. The number of pyridine rings is 1. The van der Waals surface area contributed by atoms with Crippen LogP contribution >= 0.6 is 11.6 Å². The first-order chi connectivity index (χ1) is 7.63. The van der Waals surface area contributed by atoms with Crippen LogP contribution in [0.2, 0.25) is 5.02 Å². The van der Waals surface area contributed by atoms with E-state index in [0.29, 0.717) is 5.02 Å². The molecule has 0 atom stereocenters. The minimum absolute atomic E-state index is 0.164. The van der Waals surface area contributed by atoms with Gasteiger partial charge in [-0.3, -0.25) is 14.6 Å². The van der Waals surface area contributed by atoms with E-state index in [9.17, 15) is 9.59 Å². The van der Waals surface area contributed by atoms with Crippen molar-refractivity contribution in [2.45, 2.75) is 6.92 Å². The van der Waals surface area contributed by atoms with Crippen molar-refractivity contribution < 1.29 is 14.3 Å². The molecule has 5 nitrogen and oxygen atoms in total. The van der Waals surface area contributed by atoms with Gasteiger partial charge in [0.25, 0.3) is 5.91 Å².